The molecular formula is C12H23NO4S. The van der Waals surface area contributed by atoms with Gasteiger partial charge in [0.2, 0.25) is 0 Å². The number of sulfone groups is 1. The molecule has 2 unspecified atom stereocenters. The molecule has 0 saturated heterocycles. The predicted octanol–water partition coefficient (Wildman–Crippen LogP) is 1.01. The summed E-state index contributed by atoms with van der Waals surface area (Å²) in [5, 5.41) is -0.492. The van der Waals surface area contributed by atoms with Crippen molar-refractivity contribution in [2.75, 3.05) is 5.75 Å². The summed E-state index contributed by atoms with van der Waals surface area (Å²) in [4.78, 5) is 11.6. The first kappa shape index (κ1) is 15.4. The van der Waals surface area contributed by atoms with E-state index in [4.69, 9.17) is 10.5 Å². The first-order chi connectivity index (χ1) is 8.10. The summed E-state index contributed by atoms with van der Waals surface area (Å²) in [6.45, 7) is 5.15. The van der Waals surface area contributed by atoms with Crippen LogP contribution >= 0.6 is 0 Å². The minimum absolute atomic E-state index is 0.0721. The van der Waals surface area contributed by atoms with Crippen molar-refractivity contribution in [3.05, 3.63) is 0 Å². The van der Waals surface area contributed by atoms with Crippen LogP contribution in [0.15, 0.2) is 0 Å². The number of hydrogen-bond donors (Lipinski definition) is 1. The van der Waals surface area contributed by atoms with Gasteiger partial charge in [-0.1, -0.05) is 6.42 Å². The molecule has 0 aromatic carbocycles. The van der Waals surface area contributed by atoms with E-state index in [0.29, 0.717) is 12.8 Å². The van der Waals surface area contributed by atoms with E-state index in [1.165, 1.54) is 0 Å². The highest BCUT2D eigenvalue weighted by molar-refractivity contribution is 7.92. The van der Waals surface area contributed by atoms with E-state index in [9.17, 15) is 13.2 Å². The highest BCUT2D eigenvalue weighted by atomic mass is 32.2. The molecule has 2 atom stereocenters. The first-order valence-corrected chi connectivity index (χ1v) is 8.01. The molecule has 1 aliphatic rings. The Kier molecular flexibility index (Phi) is 4.78. The molecule has 0 spiro atoms. The van der Waals surface area contributed by atoms with Gasteiger partial charge in [-0.25, -0.2) is 8.42 Å². The van der Waals surface area contributed by atoms with E-state index >= 15 is 0 Å². The van der Waals surface area contributed by atoms with Crippen LogP contribution in [0, 0.1) is 0 Å². The highest BCUT2D eigenvalue weighted by Gasteiger charge is 2.33. The van der Waals surface area contributed by atoms with Crippen molar-refractivity contribution in [1.29, 1.82) is 0 Å². The third kappa shape index (κ3) is 4.94. The van der Waals surface area contributed by atoms with E-state index in [2.05, 4.69) is 0 Å². The van der Waals surface area contributed by atoms with Gasteiger partial charge >= 0.3 is 5.97 Å². The number of carbonyl (C=O) groups is 1. The van der Waals surface area contributed by atoms with Gasteiger partial charge in [-0.2, -0.15) is 0 Å². The Morgan fingerprint density at radius 3 is 2.44 bits per heavy atom. The summed E-state index contributed by atoms with van der Waals surface area (Å²) in [7, 11) is -3.44. The fraction of sp³-hybridized carbons (Fsp3) is 0.917. The number of nitrogens with two attached hydrogens (primary N) is 1. The number of carbonyl (C=O) groups excluding carboxylic acids is 1. The van der Waals surface area contributed by atoms with Crippen LogP contribution in [-0.2, 0) is 19.4 Å². The molecule has 0 bridgehead atoms. The van der Waals surface area contributed by atoms with E-state index in [1.807, 2.05) is 0 Å². The Hall–Kier alpha value is -0.620. The molecule has 0 aromatic rings. The topological polar surface area (TPSA) is 86.5 Å². The van der Waals surface area contributed by atoms with Gasteiger partial charge < -0.3 is 10.5 Å². The van der Waals surface area contributed by atoms with Crippen molar-refractivity contribution in [3.63, 3.8) is 0 Å². The monoisotopic (exact) mass is 277 g/mol. The Labute approximate surface area is 109 Å². The van der Waals surface area contributed by atoms with Crippen LogP contribution in [0.3, 0.4) is 0 Å². The molecule has 6 heteroatoms. The minimum atomic E-state index is -3.44. The zero-order valence-electron chi connectivity index (χ0n) is 11.3. The fourth-order valence-corrected chi connectivity index (χ4v) is 3.85. The van der Waals surface area contributed by atoms with Crippen LogP contribution in [0.5, 0.6) is 0 Å². The van der Waals surface area contributed by atoms with E-state index < -0.39 is 32.4 Å². The molecule has 0 aromatic heterocycles. The lowest BCUT2D eigenvalue weighted by Gasteiger charge is -2.26. The van der Waals surface area contributed by atoms with Crippen LogP contribution in [-0.4, -0.2) is 37.0 Å². The molecule has 1 aliphatic carbocycles. The molecule has 1 saturated carbocycles. The van der Waals surface area contributed by atoms with Crippen molar-refractivity contribution in [1.82, 2.24) is 0 Å². The SMILES string of the molecule is CC(C)(C)OC(=O)CS(=O)(=O)C1CCCC(N)C1. The van der Waals surface area contributed by atoms with Crippen molar-refractivity contribution in [2.24, 2.45) is 5.73 Å². The zero-order valence-corrected chi connectivity index (χ0v) is 12.1. The van der Waals surface area contributed by atoms with Crippen molar-refractivity contribution >= 4 is 15.8 Å². The Morgan fingerprint density at radius 1 is 1.33 bits per heavy atom. The Morgan fingerprint density at radius 2 is 1.94 bits per heavy atom. The van der Waals surface area contributed by atoms with E-state index in [-0.39, 0.29) is 6.04 Å². The largest absolute Gasteiger partial charge is 0.459 e. The summed E-state index contributed by atoms with van der Waals surface area (Å²) < 4.78 is 29.2. The number of rotatable bonds is 3. The van der Waals surface area contributed by atoms with Crippen LogP contribution < -0.4 is 5.73 Å². The van der Waals surface area contributed by atoms with Gasteiger partial charge in [0.25, 0.3) is 0 Å². The van der Waals surface area contributed by atoms with Crippen LogP contribution in [0.25, 0.3) is 0 Å². The molecule has 0 heterocycles. The molecule has 5 nitrogen and oxygen atoms in total. The summed E-state index contributed by atoms with van der Waals surface area (Å²) >= 11 is 0. The van der Waals surface area contributed by atoms with Crippen molar-refractivity contribution < 1.29 is 17.9 Å². The van der Waals surface area contributed by atoms with Gasteiger partial charge in [-0.3, -0.25) is 4.79 Å². The van der Waals surface area contributed by atoms with Gasteiger partial charge in [0, 0.05) is 6.04 Å². The van der Waals surface area contributed by atoms with Gasteiger partial charge in [-0.05, 0) is 40.0 Å². The molecule has 1 fully saturated rings. The smallest absolute Gasteiger partial charge is 0.321 e. The first-order valence-electron chi connectivity index (χ1n) is 6.29. The molecule has 0 aliphatic heterocycles. The summed E-state index contributed by atoms with van der Waals surface area (Å²) in [6.07, 6.45) is 2.71. The van der Waals surface area contributed by atoms with Gasteiger partial charge in [0.1, 0.15) is 11.4 Å². The van der Waals surface area contributed by atoms with Crippen LogP contribution in [0.2, 0.25) is 0 Å². The van der Waals surface area contributed by atoms with Gasteiger partial charge in [0.05, 0.1) is 5.25 Å². The van der Waals surface area contributed by atoms with E-state index in [1.54, 1.807) is 20.8 Å². The quantitative estimate of drug-likeness (QED) is 0.778. The third-order valence-electron chi connectivity index (χ3n) is 2.91. The maximum absolute atomic E-state index is 12.1. The summed E-state index contributed by atoms with van der Waals surface area (Å²) in [5.41, 5.74) is 5.12. The number of hydrogen-bond acceptors (Lipinski definition) is 5. The van der Waals surface area contributed by atoms with Crippen molar-refractivity contribution in [2.45, 2.75) is 63.3 Å². The number of ether oxygens (including phenoxy) is 1. The highest BCUT2D eigenvalue weighted by Crippen LogP contribution is 2.24. The molecule has 1 rings (SSSR count). The van der Waals surface area contributed by atoms with Crippen LogP contribution in [0.4, 0.5) is 0 Å². The molecule has 0 amide bonds. The second-order valence-corrected chi connectivity index (χ2v) is 8.22. The van der Waals surface area contributed by atoms with Crippen LogP contribution in [0.1, 0.15) is 46.5 Å². The van der Waals surface area contributed by atoms with E-state index in [0.717, 1.165) is 12.8 Å². The second-order valence-electron chi connectivity index (χ2n) is 5.94. The Bertz CT molecular complexity index is 397. The molecule has 0 radical (unpaired) electrons. The normalized spacial score (nSPS) is 25.8. The molecule has 2 N–H and O–H groups in total. The minimum Gasteiger partial charge on any atom is -0.459 e. The standard InChI is InChI=1S/C12H23NO4S/c1-12(2,3)17-11(14)8-18(15,16)10-6-4-5-9(13)7-10/h9-10H,4-8,13H2,1-3H3. The lowest BCUT2D eigenvalue weighted by atomic mass is 9.96. The maximum Gasteiger partial charge on any atom is 0.321 e. The summed E-state index contributed by atoms with van der Waals surface area (Å²) in [5.74, 6) is -1.22. The predicted molar refractivity (Wildman–Crippen MR) is 69.9 cm³/mol. The average Bonchev–Trinajstić information content (AvgIpc) is 2.13. The van der Waals surface area contributed by atoms with Gasteiger partial charge in [0.15, 0.2) is 9.84 Å². The lowest BCUT2D eigenvalue weighted by Crippen LogP contribution is -2.39. The average molecular weight is 277 g/mol. The van der Waals surface area contributed by atoms with Crippen molar-refractivity contribution in [3.8, 4) is 0 Å². The zero-order chi connectivity index (χ0) is 14.0. The lowest BCUT2D eigenvalue weighted by molar-refractivity contribution is -0.151. The van der Waals surface area contributed by atoms with Gasteiger partial charge in [-0.15, -0.1) is 0 Å². The molecule has 106 valence electrons. The third-order valence-corrected chi connectivity index (χ3v) is 5.00. The number of esters is 1. The Balaban J connectivity index is 2.61. The maximum atomic E-state index is 12.1. The molecular weight excluding hydrogens is 254 g/mol. The molecule has 18 heavy (non-hydrogen) atoms. The summed E-state index contributed by atoms with van der Waals surface area (Å²) in [6, 6.07) is -0.0721. The fourth-order valence-electron chi connectivity index (χ4n) is 2.16. The second kappa shape index (κ2) is 5.57.